The van der Waals surface area contributed by atoms with Crippen LogP contribution in [-0.4, -0.2) is 12.6 Å². The molecular weight excluding hydrogens is 182 g/mol. The first-order chi connectivity index (χ1) is 7.12. The van der Waals surface area contributed by atoms with Gasteiger partial charge in [-0.1, -0.05) is 58.0 Å². The third kappa shape index (κ3) is 2.82. The summed E-state index contributed by atoms with van der Waals surface area (Å²) in [6, 6.07) is 11.3. The molecule has 1 atom stereocenters. The van der Waals surface area contributed by atoms with E-state index in [4.69, 9.17) is 0 Å². The van der Waals surface area contributed by atoms with Crippen LogP contribution in [0.15, 0.2) is 30.3 Å². The van der Waals surface area contributed by atoms with Crippen LogP contribution in [-0.2, 0) is 5.41 Å². The highest BCUT2D eigenvalue weighted by Crippen LogP contribution is 2.28. The van der Waals surface area contributed by atoms with Gasteiger partial charge in [0, 0.05) is 11.5 Å². The summed E-state index contributed by atoms with van der Waals surface area (Å²) in [4.78, 5) is 0. The Kier molecular flexibility index (Phi) is 4.34. The van der Waals surface area contributed by atoms with Crippen molar-refractivity contribution in [3.05, 3.63) is 35.9 Å². The Labute approximate surface area is 93.9 Å². The minimum Gasteiger partial charge on any atom is -0.313 e. The first-order valence-electron chi connectivity index (χ1n) is 5.91. The summed E-state index contributed by atoms with van der Waals surface area (Å²) >= 11 is 0. The monoisotopic (exact) mass is 205 g/mol. The van der Waals surface area contributed by atoms with Gasteiger partial charge >= 0.3 is 0 Å². The molecule has 84 valence electrons. The quantitative estimate of drug-likeness (QED) is 0.777. The molecule has 0 aliphatic heterocycles. The molecule has 1 heteroatoms. The average molecular weight is 205 g/mol. The summed E-state index contributed by atoms with van der Waals surface area (Å²) in [6.07, 6.45) is 1.16. The summed E-state index contributed by atoms with van der Waals surface area (Å²) in [5.41, 5.74) is 1.62. The van der Waals surface area contributed by atoms with E-state index in [0.717, 1.165) is 13.0 Å². The van der Waals surface area contributed by atoms with Crippen molar-refractivity contribution >= 4 is 0 Å². The molecule has 1 unspecified atom stereocenters. The summed E-state index contributed by atoms with van der Waals surface area (Å²) in [7, 11) is 0. The average Bonchev–Trinajstić information content (AvgIpc) is 2.27. The number of benzene rings is 1. The third-order valence-corrected chi connectivity index (χ3v) is 3.25. The van der Waals surface area contributed by atoms with Gasteiger partial charge in [-0.25, -0.2) is 0 Å². The van der Waals surface area contributed by atoms with Crippen LogP contribution in [0.4, 0.5) is 0 Å². The van der Waals surface area contributed by atoms with Crippen LogP contribution in [0.3, 0.4) is 0 Å². The molecule has 0 radical (unpaired) electrons. The van der Waals surface area contributed by atoms with Gasteiger partial charge < -0.3 is 5.32 Å². The lowest BCUT2D eigenvalue weighted by atomic mass is 9.76. The fourth-order valence-corrected chi connectivity index (χ4v) is 2.23. The Morgan fingerprint density at radius 2 is 1.73 bits per heavy atom. The van der Waals surface area contributed by atoms with Crippen LogP contribution in [0.1, 0.15) is 39.7 Å². The highest BCUT2D eigenvalue weighted by molar-refractivity contribution is 5.25. The number of rotatable bonds is 5. The van der Waals surface area contributed by atoms with Crippen molar-refractivity contribution in [2.75, 3.05) is 6.54 Å². The van der Waals surface area contributed by atoms with Crippen LogP contribution in [0.5, 0.6) is 0 Å². The van der Waals surface area contributed by atoms with Gasteiger partial charge in [-0.3, -0.25) is 0 Å². The smallest absolute Gasteiger partial charge is 0.0156 e. The zero-order valence-corrected chi connectivity index (χ0v) is 10.4. The Morgan fingerprint density at radius 1 is 1.13 bits per heavy atom. The summed E-state index contributed by atoms with van der Waals surface area (Å²) in [5, 5.41) is 3.57. The molecule has 1 aromatic carbocycles. The molecule has 0 amide bonds. The standard InChI is InChI=1S/C14H23N/c1-5-13(15-6-2)14(3,4)12-10-8-7-9-11-12/h7-11,13,15H,5-6H2,1-4H3. The van der Waals surface area contributed by atoms with Crippen LogP contribution in [0.2, 0.25) is 0 Å². The van der Waals surface area contributed by atoms with E-state index in [0.29, 0.717) is 6.04 Å². The molecule has 0 aliphatic carbocycles. The minimum absolute atomic E-state index is 0.200. The van der Waals surface area contributed by atoms with Gasteiger partial charge in [0.15, 0.2) is 0 Å². The fraction of sp³-hybridized carbons (Fsp3) is 0.571. The summed E-state index contributed by atoms with van der Waals surface area (Å²) < 4.78 is 0. The molecule has 0 bridgehead atoms. The fourth-order valence-electron chi connectivity index (χ4n) is 2.23. The van der Waals surface area contributed by atoms with Gasteiger partial charge in [0.1, 0.15) is 0 Å². The third-order valence-electron chi connectivity index (χ3n) is 3.25. The molecule has 0 spiro atoms. The molecule has 1 nitrogen and oxygen atoms in total. The Balaban J connectivity index is 2.89. The maximum Gasteiger partial charge on any atom is 0.0156 e. The number of hydrogen-bond donors (Lipinski definition) is 1. The van der Waals surface area contributed by atoms with Crippen molar-refractivity contribution in [3.8, 4) is 0 Å². The molecule has 1 aromatic rings. The van der Waals surface area contributed by atoms with E-state index < -0.39 is 0 Å². The van der Waals surface area contributed by atoms with Gasteiger partial charge in [-0.05, 0) is 18.5 Å². The molecule has 0 aliphatic rings. The van der Waals surface area contributed by atoms with E-state index in [-0.39, 0.29) is 5.41 Å². The molecule has 1 rings (SSSR count). The lowest BCUT2D eigenvalue weighted by Crippen LogP contribution is -2.44. The van der Waals surface area contributed by atoms with Gasteiger partial charge in [0.2, 0.25) is 0 Å². The number of nitrogens with one attached hydrogen (secondary N) is 1. The Morgan fingerprint density at radius 3 is 2.20 bits per heavy atom. The van der Waals surface area contributed by atoms with E-state index in [1.165, 1.54) is 5.56 Å². The van der Waals surface area contributed by atoms with E-state index >= 15 is 0 Å². The van der Waals surface area contributed by atoms with Gasteiger partial charge in [-0.2, -0.15) is 0 Å². The lowest BCUT2D eigenvalue weighted by Gasteiger charge is -2.35. The maximum absolute atomic E-state index is 3.57. The molecule has 15 heavy (non-hydrogen) atoms. The first kappa shape index (κ1) is 12.3. The van der Waals surface area contributed by atoms with Crippen molar-refractivity contribution in [2.45, 2.75) is 45.6 Å². The van der Waals surface area contributed by atoms with Crippen LogP contribution >= 0.6 is 0 Å². The second-order valence-corrected chi connectivity index (χ2v) is 4.61. The van der Waals surface area contributed by atoms with Crippen molar-refractivity contribution in [1.82, 2.24) is 5.32 Å². The van der Waals surface area contributed by atoms with Crippen LogP contribution in [0, 0.1) is 0 Å². The SMILES string of the molecule is CCNC(CC)C(C)(C)c1ccccc1. The predicted molar refractivity (Wildman–Crippen MR) is 67.2 cm³/mol. The van der Waals surface area contributed by atoms with Crippen LogP contribution in [0.25, 0.3) is 0 Å². The topological polar surface area (TPSA) is 12.0 Å². The zero-order valence-electron chi connectivity index (χ0n) is 10.4. The van der Waals surface area contributed by atoms with Gasteiger partial charge in [0.25, 0.3) is 0 Å². The van der Waals surface area contributed by atoms with E-state index in [9.17, 15) is 0 Å². The second kappa shape index (κ2) is 5.32. The van der Waals surface area contributed by atoms with E-state index in [2.05, 4.69) is 63.3 Å². The molecule has 0 saturated heterocycles. The number of likely N-dealkylation sites (N-methyl/N-ethyl adjacent to an activating group) is 1. The molecule has 1 N–H and O–H groups in total. The Bertz CT molecular complexity index is 277. The van der Waals surface area contributed by atoms with E-state index in [1.54, 1.807) is 0 Å². The zero-order chi connectivity index (χ0) is 11.3. The van der Waals surface area contributed by atoms with Gasteiger partial charge in [0.05, 0.1) is 0 Å². The molecular formula is C14H23N. The predicted octanol–water partition coefficient (Wildman–Crippen LogP) is 3.35. The van der Waals surface area contributed by atoms with Crippen LogP contribution < -0.4 is 5.32 Å². The maximum atomic E-state index is 3.57. The van der Waals surface area contributed by atoms with Crippen molar-refractivity contribution < 1.29 is 0 Å². The summed E-state index contributed by atoms with van der Waals surface area (Å²) in [5.74, 6) is 0. The lowest BCUT2D eigenvalue weighted by molar-refractivity contribution is 0.336. The Hall–Kier alpha value is -0.820. The van der Waals surface area contributed by atoms with E-state index in [1.807, 2.05) is 0 Å². The molecule has 0 heterocycles. The first-order valence-corrected chi connectivity index (χ1v) is 5.91. The van der Waals surface area contributed by atoms with Crippen molar-refractivity contribution in [3.63, 3.8) is 0 Å². The van der Waals surface area contributed by atoms with Gasteiger partial charge in [-0.15, -0.1) is 0 Å². The normalized spacial score (nSPS) is 13.9. The second-order valence-electron chi connectivity index (χ2n) is 4.61. The molecule has 0 saturated carbocycles. The summed E-state index contributed by atoms with van der Waals surface area (Å²) in [6.45, 7) is 10.1. The van der Waals surface area contributed by atoms with Crippen molar-refractivity contribution in [2.24, 2.45) is 0 Å². The minimum atomic E-state index is 0.200. The largest absolute Gasteiger partial charge is 0.313 e. The highest BCUT2D eigenvalue weighted by Gasteiger charge is 2.28. The molecule has 0 aromatic heterocycles. The highest BCUT2D eigenvalue weighted by atomic mass is 14.9. The number of hydrogen-bond acceptors (Lipinski definition) is 1. The molecule has 0 fully saturated rings. The van der Waals surface area contributed by atoms with Crippen molar-refractivity contribution in [1.29, 1.82) is 0 Å².